The second kappa shape index (κ2) is 5.53. The first-order valence-electron chi connectivity index (χ1n) is 6.51. The van der Waals surface area contributed by atoms with Crippen molar-refractivity contribution in [1.29, 1.82) is 0 Å². The molecule has 0 atom stereocenters. The van der Waals surface area contributed by atoms with Gasteiger partial charge in [-0.05, 0) is 12.1 Å². The number of carboxylic acid groups (broad SMARTS) is 1. The van der Waals surface area contributed by atoms with Crippen molar-refractivity contribution in [1.82, 2.24) is 10.2 Å². The standard InChI is InChI=1S/C13H9N3O8/c17-11(18)4-15-12(19)7(14-13(15)20)1-6-2-9-10(24-5-23-9)3-8(6)16(21)22/h1-3H,4-5H2,(H,14,20)(H,17,18)/b7-1-. The van der Waals surface area contributed by atoms with Crippen LogP contribution in [0.3, 0.4) is 0 Å². The number of hydrogen-bond donors (Lipinski definition) is 2. The van der Waals surface area contributed by atoms with Crippen molar-refractivity contribution in [3.63, 3.8) is 0 Å². The van der Waals surface area contributed by atoms with Crippen LogP contribution in [-0.2, 0) is 9.59 Å². The summed E-state index contributed by atoms with van der Waals surface area (Å²) < 4.78 is 10.2. The van der Waals surface area contributed by atoms with Crippen molar-refractivity contribution in [3.05, 3.63) is 33.5 Å². The Labute approximate surface area is 133 Å². The molecule has 0 aromatic heterocycles. The third-order valence-corrected chi connectivity index (χ3v) is 3.27. The quantitative estimate of drug-likeness (QED) is 0.345. The second-order valence-electron chi connectivity index (χ2n) is 4.79. The van der Waals surface area contributed by atoms with Crippen molar-refractivity contribution in [2.45, 2.75) is 0 Å². The van der Waals surface area contributed by atoms with Gasteiger partial charge in [0.1, 0.15) is 12.2 Å². The van der Waals surface area contributed by atoms with E-state index in [0.29, 0.717) is 4.90 Å². The summed E-state index contributed by atoms with van der Waals surface area (Å²) in [7, 11) is 0. The van der Waals surface area contributed by atoms with Gasteiger partial charge in [-0.1, -0.05) is 0 Å². The highest BCUT2D eigenvalue weighted by molar-refractivity contribution is 6.15. The molecule has 2 heterocycles. The van der Waals surface area contributed by atoms with Crippen LogP contribution in [0.5, 0.6) is 11.5 Å². The highest BCUT2D eigenvalue weighted by Crippen LogP contribution is 2.38. The van der Waals surface area contributed by atoms with Crippen LogP contribution in [0.1, 0.15) is 5.56 Å². The predicted octanol–water partition coefficient (Wildman–Crippen LogP) is 0.301. The van der Waals surface area contributed by atoms with Crippen molar-refractivity contribution in [2.24, 2.45) is 0 Å². The molecule has 2 N–H and O–H groups in total. The minimum absolute atomic E-state index is 0.00470. The average Bonchev–Trinajstić information content (AvgIpc) is 3.06. The smallest absolute Gasteiger partial charge is 0.329 e. The Morgan fingerprint density at radius 1 is 1.38 bits per heavy atom. The molecule has 124 valence electrons. The lowest BCUT2D eigenvalue weighted by molar-refractivity contribution is -0.385. The average molecular weight is 335 g/mol. The van der Waals surface area contributed by atoms with Gasteiger partial charge in [-0.15, -0.1) is 0 Å². The van der Waals surface area contributed by atoms with E-state index >= 15 is 0 Å². The molecule has 1 aromatic rings. The summed E-state index contributed by atoms with van der Waals surface area (Å²) in [5.41, 5.74) is -0.626. The molecule has 0 spiro atoms. The van der Waals surface area contributed by atoms with Gasteiger partial charge in [-0.2, -0.15) is 0 Å². The van der Waals surface area contributed by atoms with E-state index in [9.17, 15) is 24.5 Å². The van der Waals surface area contributed by atoms with Crippen LogP contribution in [0.15, 0.2) is 17.8 Å². The van der Waals surface area contributed by atoms with Crippen LogP contribution in [0.4, 0.5) is 10.5 Å². The Balaban J connectivity index is 2.00. The molecule has 24 heavy (non-hydrogen) atoms. The van der Waals surface area contributed by atoms with Gasteiger partial charge in [-0.3, -0.25) is 19.7 Å². The van der Waals surface area contributed by atoms with E-state index in [4.69, 9.17) is 14.6 Å². The number of nitro groups is 1. The number of benzene rings is 1. The number of carbonyl (C=O) groups excluding carboxylic acids is 2. The van der Waals surface area contributed by atoms with E-state index in [1.807, 2.05) is 0 Å². The highest BCUT2D eigenvalue weighted by atomic mass is 16.7. The Kier molecular flexibility index (Phi) is 3.52. The third-order valence-electron chi connectivity index (χ3n) is 3.27. The van der Waals surface area contributed by atoms with Gasteiger partial charge in [-0.25, -0.2) is 9.69 Å². The molecule has 11 heteroatoms. The number of urea groups is 1. The topological polar surface area (TPSA) is 148 Å². The maximum absolute atomic E-state index is 12.1. The summed E-state index contributed by atoms with van der Waals surface area (Å²) in [5, 5.41) is 22.0. The normalized spacial score (nSPS) is 17.3. The van der Waals surface area contributed by atoms with Crippen LogP contribution in [0.25, 0.3) is 6.08 Å². The van der Waals surface area contributed by atoms with Gasteiger partial charge in [0.25, 0.3) is 11.6 Å². The van der Waals surface area contributed by atoms with E-state index in [1.165, 1.54) is 6.07 Å². The second-order valence-corrected chi connectivity index (χ2v) is 4.79. The zero-order valence-electron chi connectivity index (χ0n) is 11.8. The molecule has 0 bridgehead atoms. The summed E-state index contributed by atoms with van der Waals surface area (Å²) in [5.74, 6) is -1.81. The number of carbonyl (C=O) groups is 3. The molecular weight excluding hydrogens is 326 g/mol. The van der Waals surface area contributed by atoms with Crippen molar-refractivity contribution in [3.8, 4) is 11.5 Å². The van der Waals surface area contributed by atoms with Crippen molar-refractivity contribution >= 4 is 29.7 Å². The Morgan fingerprint density at radius 3 is 2.67 bits per heavy atom. The van der Waals surface area contributed by atoms with Crippen LogP contribution in [-0.4, -0.2) is 46.2 Å². The van der Waals surface area contributed by atoms with Gasteiger partial charge in [0, 0.05) is 0 Å². The zero-order valence-corrected chi connectivity index (χ0v) is 11.8. The van der Waals surface area contributed by atoms with Crippen LogP contribution in [0.2, 0.25) is 0 Å². The summed E-state index contributed by atoms with van der Waals surface area (Å²) in [6.07, 6.45) is 1.09. The summed E-state index contributed by atoms with van der Waals surface area (Å²) >= 11 is 0. The Morgan fingerprint density at radius 2 is 2.04 bits per heavy atom. The molecule has 3 rings (SSSR count). The fourth-order valence-electron chi connectivity index (χ4n) is 2.23. The zero-order chi connectivity index (χ0) is 17.4. The first-order valence-corrected chi connectivity index (χ1v) is 6.51. The largest absolute Gasteiger partial charge is 0.480 e. The molecule has 2 aliphatic rings. The van der Waals surface area contributed by atoms with Crippen molar-refractivity contribution < 1.29 is 33.9 Å². The molecule has 1 fully saturated rings. The van der Waals surface area contributed by atoms with Crippen LogP contribution in [0, 0.1) is 10.1 Å². The molecule has 1 aromatic carbocycles. The van der Waals surface area contributed by atoms with Crippen LogP contribution < -0.4 is 14.8 Å². The molecule has 0 radical (unpaired) electrons. The first-order chi connectivity index (χ1) is 11.4. The minimum Gasteiger partial charge on any atom is -0.480 e. The van der Waals surface area contributed by atoms with Gasteiger partial charge in [0.2, 0.25) is 6.79 Å². The summed E-state index contributed by atoms with van der Waals surface area (Å²) in [6.45, 7) is -0.903. The van der Waals surface area contributed by atoms with E-state index < -0.39 is 29.4 Å². The van der Waals surface area contributed by atoms with E-state index in [2.05, 4.69) is 5.32 Å². The molecule has 0 unspecified atom stereocenters. The monoisotopic (exact) mass is 335 g/mol. The number of imide groups is 1. The highest BCUT2D eigenvalue weighted by Gasteiger charge is 2.35. The number of aliphatic carboxylic acids is 1. The SMILES string of the molecule is O=C(O)CN1C(=O)N/C(=C\c2cc3c(cc2[N+](=O)[O-])OCO3)C1=O. The number of carboxylic acids is 1. The number of nitro benzene ring substituents is 1. The number of fused-ring (bicyclic) bond motifs is 1. The van der Waals surface area contributed by atoms with Crippen LogP contribution >= 0.6 is 0 Å². The number of rotatable bonds is 4. The van der Waals surface area contributed by atoms with Crippen molar-refractivity contribution in [2.75, 3.05) is 13.3 Å². The fourth-order valence-corrected chi connectivity index (χ4v) is 2.23. The maximum atomic E-state index is 12.1. The molecule has 2 aliphatic heterocycles. The molecular formula is C13H9N3O8. The fraction of sp³-hybridized carbons (Fsp3) is 0.154. The Hall–Kier alpha value is -3.63. The lowest BCUT2D eigenvalue weighted by Gasteiger charge is -2.06. The predicted molar refractivity (Wildman–Crippen MR) is 75.1 cm³/mol. The number of nitrogens with zero attached hydrogens (tertiary/aromatic N) is 2. The number of hydrogen-bond acceptors (Lipinski definition) is 7. The lowest BCUT2D eigenvalue weighted by atomic mass is 10.1. The summed E-state index contributed by atoms with van der Waals surface area (Å²) in [6, 6.07) is 1.52. The maximum Gasteiger partial charge on any atom is 0.329 e. The number of amides is 3. The Bertz CT molecular complexity index is 816. The number of nitrogens with one attached hydrogen (secondary N) is 1. The van der Waals surface area contributed by atoms with Gasteiger partial charge >= 0.3 is 12.0 Å². The first kappa shape index (κ1) is 15.3. The molecule has 1 saturated heterocycles. The third kappa shape index (κ3) is 2.58. The molecule has 11 nitrogen and oxygen atoms in total. The van der Waals surface area contributed by atoms with Gasteiger partial charge in [0.15, 0.2) is 11.5 Å². The van der Waals surface area contributed by atoms with E-state index in [0.717, 1.165) is 12.1 Å². The van der Waals surface area contributed by atoms with Gasteiger partial charge < -0.3 is 19.9 Å². The van der Waals surface area contributed by atoms with E-state index in [-0.39, 0.29) is 35.2 Å². The molecule has 0 saturated carbocycles. The van der Waals surface area contributed by atoms with Gasteiger partial charge in [0.05, 0.1) is 16.6 Å². The molecule has 0 aliphatic carbocycles. The minimum atomic E-state index is -1.37. The summed E-state index contributed by atoms with van der Waals surface area (Å²) in [4.78, 5) is 45.3. The van der Waals surface area contributed by atoms with E-state index in [1.54, 1.807) is 0 Å². The lowest BCUT2D eigenvalue weighted by Crippen LogP contribution is -2.35. The molecule has 3 amide bonds. The number of ether oxygens (including phenoxy) is 2.